The van der Waals surface area contributed by atoms with E-state index in [-0.39, 0.29) is 23.7 Å². The summed E-state index contributed by atoms with van der Waals surface area (Å²) >= 11 is 0. The van der Waals surface area contributed by atoms with Crippen molar-refractivity contribution in [1.29, 1.82) is 0 Å². The van der Waals surface area contributed by atoms with Crippen LogP contribution in [-0.2, 0) is 9.59 Å². The Bertz CT molecular complexity index is 515. The molecular formula is C21H37N3O2. The van der Waals surface area contributed by atoms with Gasteiger partial charge in [0.2, 0.25) is 11.8 Å². The van der Waals surface area contributed by atoms with Crippen LogP contribution in [0, 0.1) is 23.7 Å². The SMILES string of the molecule is CC(C)[C@H](NC(=O)[C@@H](N)C1CCCCC1)C(=O)N1C[C@@H]2CCC[C@@H]2[C@H]1C. The van der Waals surface area contributed by atoms with Gasteiger partial charge in [0.05, 0.1) is 6.04 Å². The molecule has 3 fully saturated rings. The van der Waals surface area contributed by atoms with E-state index < -0.39 is 12.1 Å². The lowest BCUT2D eigenvalue weighted by Crippen LogP contribution is -2.57. The normalized spacial score (nSPS) is 31.7. The number of rotatable bonds is 5. The molecule has 1 heterocycles. The first kappa shape index (κ1) is 19.7. The number of nitrogens with two attached hydrogens (primary N) is 1. The van der Waals surface area contributed by atoms with Crippen LogP contribution in [0.15, 0.2) is 0 Å². The topological polar surface area (TPSA) is 75.4 Å². The van der Waals surface area contributed by atoms with Gasteiger partial charge in [-0.3, -0.25) is 9.59 Å². The number of likely N-dealkylation sites (tertiary alicyclic amines) is 1. The van der Waals surface area contributed by atoms with E-state index in [4.69, 9.17) is 5.73 Å². The first-order valence-electron chi connectivity index (χ1n) is 10.8. The molecule has 0 spiro atoms. The molecule has 5 nitrogen and oxygen atoms in total. The summed E-state index contributed by atoms with van der Waals surface area (Å²) in [5.74, 6) is 1.57. The van der Waals surface area contributed by atoms with E-state index in [9.17, 15) is 9.59 Å². The van der Waals surface area contributed by atoms with Crippen LogP contribution >= 0.6 is 0 Å². The molecule has 148 valence electrons. The van der Waals surface area contributed by atoms with Gasteiger partial charge in [0.25, 0.3) is 0 Å². The molecule has 0 aromatic heterocycles. The van der Waals surface area contributed by atoms with E-state index in [1.165, 1.54) is 25.7 Å². The molecule has 3 rings (SSSR count). The predicted octanol–water partition coefficient (Wildman–Crippen LogP) is 2.68. The average Bonchev–Trinajstić information content (AvgIpc) is 3.22. The Labute approximate surface area is 158 Å². The molecule has 3 aliphatic rings. The summed E-state index contributed by atoms with van der Waals surface area (Å²) in [6, 6.07) is -0.654. The molecule has 0 bridgehead atoms. The first-order chi connectivity index (χ1) is 12.4. The summed E-state index contributed by atoms with van der Waals surface area (Å²) in [6.07, 6.45) is 9.39. The maximum atomic E-state index is 13.2. The number of nitrogens with zero attached hydrogens (tertiary/aromatic N) is 1. The number of nitrogens with one attached hydrogen (secondary N) is 1. The maximum absolute atomic E-state index is 13.2. The largest absolute Gasteiger partial charge is 0.343 e. The van der Waals surface area contributed by atoms with Crippen molar-refractivity contribution in [2.24, 2.45) is 29.4 Å². The predicted molar refractivity (Wildman–Crippen MR) is 103 cm³/mol. The molecule has 2 saturated carbocycles. The fraction of sp³-hybridized carbons (Fsp3) is 0.905. The van der Waals surface area contributed by atoms with Crippen molar-refractivity contribution in [3.63, 3.8) is 0 Å². The second kappa shape index (κ2) is 8.28. The van der Waals surface area contributed by atoms with Gasteiger partial charge >= 0.3 is 0 Å². The van der Waals surface area contributed by atoms with Crippen molar-refractivity contribution < 1.29 is 9.59 Å². The van der Waals surface area contributed by atoms with Crippen LogP contribution in [-0.4, -0.2) is 41.4 Å². The third-order valence-electron chi connectivity index (χ3n) is 7.23. The summed E-state index contributed by atoms with van der Waals surface area (Å²) in [4.78, 5) is 28.0. The highest BCUT2D eigenvalue weighted by molar-refractivity contribution is 5.90. The van der Waals surface area contributed by atoms with Gasteiger partial charge in [-0.1, -0.05) is 39.5 Å². The number of carbonyl (C=O) groups excluding carboxylic acids is 2. The van der Waals surface area contributed by atoms with Crippen LogP contribution in [0.2, 0.25) is 0 Å². The van der Waals surface area contributed by atoms with Crippen molar-refractivity contribution in [3.05, 3.63) is 0 Å². The van der Waals surface area contributed by atoms with Crippen molar-refractivity contribution in [2.75, 3.05) is 6.54 Å². The van der Waals surface area contributed by atoms with Crippen molar-refractivity contribution in [3.8, 4) is 0 Å². The van der Waals surface area contributed by atoms with Gasteiger partial charge in [-0.15, -0.1) is 0 Å². The summed E-state index contributed by atoms with van der Waals surface area (Å²) in [6.45, 7) is 7.06. The smallest absolute Gasteiger partial charge is 0.245 e. The zero-order chi connectivity index (χ0) is 18.8. The van der Waals surface area contributed by atoms with Crippen molar-refractivity contribution in [2.45, 2.75) is 90.3 Å². The second-order valence-corrected chi connectivity index (χ2v) is 9.24. The minimum absolute atomic E-state index is 0.0673. The standard InChI is InChI=1S/C21H37N3O2/c1-13(2)19(23-20(25)18(22)15-8-5-4-6-9-15)21(26)24-12-16-10-7-11-17(16)14(24)3/h13-19H,4-12,22H2,1-3H3,(H,23,25)/t14-,16+,17-,18+,19+/m1/s1. The molecule has 0 aromatic carbocycles. The van der Waals surface area contributed by atoms with E-state index in [1.807, 2.05) is 18.7 Å². The monoisotopic (exact) mass is 363 g/mol. The fourth-order valence-corrected chi connectivity index (χ4v) is 5.52. The van der Waals surface area contributed by atoms with Crippen LogP contribution in [0.5, 0.6) is 0 Å². The van der Waals surface area contributed by atoms with E-state index in [2.05, 4.69) is 12.2 Å². The van der Waals surface area contributed by atoms with Gasteiger partial charge in [-0.25, -0.2) is 0 Å². The number of carbonyl (C=O) groups is 2. The Kier molecular flexibility index (Phi) is 6.26. The lowest BCUT2D eigenvalue weighted by Gasteiger charge is -2.33. The number of hydrogen-bond donors (Lipinski definition) is 2. The van der Waals surface area contributed by atoms with E-state index in [0.717, 1.165) is 32.2 Å². The molecular weight excluding hydrogens is 326 g/mol. The zero-order valence-corrected chi connectivity index (χ0v) is 16.7. The van der Waals surface area contributed by atoms with Gasteiger partial charge < -0.3 is 16.0 Å². The lowest BCUT2D eigenvalue weighted by molar-refractivity contribution is -0.139. The minimum Gasteiger partial charge on any atom is -0.343 e. The number of hydrogen-bond acceptors (Lipinski definition) is 3. The highest BCUT2D eigenvalue weighted by atomic mass is 16.2. The van der Waals surface area contributed by atoms with Gasteiger partial charge in [-0.2, -0.15) is 0 Å². The van der Waals surface area contributed by atoms with Crippen molar-refractivity contribution >= 4 is 11.8 Å². The molecule has 0 radical (unpaired) electrons. The van der Waals surface area contributed by atoms with Crippen LogP contribution < -0.4 is 11.1 Å². The van der Waals surface area contributed by atoms with Crippen LogP contribution in [0.4, 0.5) is 0 Å². The van der Waals surface area contributed by atoms with Gasteiger partial charge in [0, 0.05) is 12.6 Å². The van der Waals surface area contributed by atoms with Gasteiger partial charge in [0.1, 0.15) is 6.04 Å². The zero-order valence-electron chi connectivity index (χ0n) is 16.7. The Hall–Kier alpha value is -1.10. The summed E-state index contributed by atoms with van der Waals surface area (Å²) in [5, 5.41) is 3.02. The fourth-order valence-electron chi connectivity index (χ4n) is 5.52. The third-order valence-corrected chi connectivity index (χ3v) is 7.23. The quantitative estimate of drug-likeness (QED) is 0.788. The summed E-state index contributed by atoms with van der Waals surface area (Å²) in [7, 11) is 0. The van der Waals surface area contributed by atoms with Crippen molar-refractivity contribution in [1.82, 2.24) is 10.2 Å². The van der Waals surface area contributed by atoms with E-state index in [1.54, 1.807) is 0 Å². The first-order valence-corrected chi connectivity index (χ1v) is 10.8. The molecule has 2 amide bonds. The molecule has 0 aromatic rings. The lowest BCUT2D eigenvalue weighted by atomic mass is 9.83. The molecule has 26 heavy (non-hydrogen) atoms. The summed E-state index contributed by atoms with van der Waals surface area (Å²) in [5.41, 5.74) is 6.26. The molecule has 2 aliphatic carbocycles. The Balaban J connectivity index is 1.63. The van der Waals surface area contributed by atoms with E-state index >= 15 is 0 Å². The number of amides is 2. The highest BCUT2D eigenvalue weighted by Gasteiger charge is 2.45. The Morgan fingerprint density at radius 2 is 1.73 bits per heavy atom. The summed E-state index contributed by atoms with van der Waals surface area (Å²) < 4.78 is 0. The molecule has 1 aliphatic heterocycles. The minimum atomic E-state index is -0.486. The average molecular weight is 364 g/mol. The molecule has 5 heteroatoms. The Morgan fingerprint density at radius 1 is 1.04 bits per heavy atom. The molecule has 3 N–H and O–H groups in total. The Morgan fingerprint density at radius 3 is 2.35 bits per heavy atom. The van der Waals surface area contributed by atoms with Crippen LogP contribution in [0.3, 0.4) is 0 Å². The second-order valence-electron chi connectivity index (χ2n) is 9.24. The van der Waals surface area contributed by atoms with Crippen LogP contribution in [0.1, 0.15) is 72.1 Å². The van der Waals surface area contributed by atoms with Crippen LogP contribution in [0.25, 0.3) is 0 Å². The number of fused-ring (bicyclic) bond motifs is 1. The van der Waals surface area contributed by atoms with E-state index in [0.29, 0.717) is 17.9 Å². The maximum Gasteiger partial charge on any atom is 0.245 e. The van der Waals surface area contributed by atoms with Gasteiger partial charge in [0.15, 0.2) is 0 Å². The molecule has 1 saturated heterocycles. The molecule has 0 unspecified atom stereocenters. The highest BCUT2D eigenvalue weighted by Crippen LogP contribution is 2.42. The third kappa shape index (κ3) is 3.92. The molecule has 5 atom stereocenters. The van der Waals surface area contributed by atoms with Gasteiger partial charge in [-0.05, 0) is 56.3 Å².